The van der Waals surface area contributed by atoms with Gasteiger partial charge in [0.05, 0.1) is 0 Å². The fraction of sp³-hybridized carbons (Fsp3) is 0.244. The summed E-state index contributed by atoms with van der Waals surface area (Å²) >= 11 is 0. The number of allylic oxidation sites excluding steroid dienone is 2. The van der Waals surface area contributed by atoms with Crippen molar-refractivity contribution in [1.29, 1.82) is 0 Å². The summed E-state index contributed by atoms with van der Waals surface area (Å²) in [6.07, 6.45) is -12.1. The van der Waals surface area contributed by atoms with Gasteiger partial charge in [0.2, 0.25) is 0 Å². The molecule has 0 unspecified atom stereocenters. The summed E-state index contributed by atoms with van der Waals surface area (Å²) in [6, 6.07) is 69.4. The molecule has 102 heavy (non-hydrogen) atoms. The number of carbonyl (C=O) groups is 4. The molecule has 9 rings (SSSR count). The maximum absolute atomic E-state index is 15.7. The molecule has 0 radical (unpaired) electrons. The van der Waals surface area contributed by atoms with E-state index in [1.165, 1.54) is 0 Å². The third kappa shape index (κ3) is 17.0. The van der Waals surface area contributed by atoms with Crippen LogP contribution in [0.3, 0.4) is 0 Å². The van der Waals surface area contributed by atoms with E-state index in [4.69, 9.17) is 32.5 Å². The van der Waals surface area contributed by atoms with E-state index >= 15 is 45.5 Å². The molecule has 0 saturated heterocycles. The summed E-state index contributed by atoms with van der Waals surface area (Å²) < 4.78 is 143. The molecule has 11 nitrogen and oxygen atoms in total. The summed E-state index contributed by atoms with van der Waals surface area (Å²) in [6.45, 7) is 7.78. The number of ether oxygens (including phenoxy) is 4. The second-order valence-electron chi connectivity index (χ2n) is 28.6. The van der Waals surface area contributed by atoms with Crippen molar-refractivity contribution >= 4 is 87.8 Å². The maximum atomic E-state index is 15.7. The Balaban J connectivity index is 1.61. The molecule has 532 valence electrons. The van der Waals surface area contributed by atoms with Gasteiger partial charge in [-0.25, -0.2) is 0 Å². The molecule has 0 atom stereocenters. The first-order valence-electron chi connectivity index (χ1n) is 33.1. The number of halogens is 6. The van der Waals surface area contributed by atoms with E-state index in [0.29, 0.717) is 44.0 Å². The van der Waals surface area contributed by atoms with Crippen molar-refractivity contribution in [3.63, 3.8) is 0 Å². The van der Waals surface area contributed by atoms with Gasteiger partial charge in [-0.2, -0.15) is 0 Å². The van der Waals surface area contributed by atoms with E-state index in [-0.39, 0.29) is 28.3 Å². The summed E-state index contributed by atoms with van der Waals surface area (Å²) in [5, 5.41) is 1.75. The molecule has 0 saturated carbocycles. The van der Waals surface area contributed by atoms with Crippen LogP contribution in [0.1, 0.15) is 105 Å². The topological polar surface area (TPSA) is 133 Å². The zero-order chi connectivity index (χ0) is 74.2. The number of hydrogen-bond donors (Lipinski definition) is 0. The minimum atomic E-state index is -5.85. The van der Waals surface area contributed by atoms with Crippen molar-refractivity contribution in [3.05, 3.63) is 294 Å². The van der Waals surface area contributed by atoms with Crippen LogP contribution < -0.4 is 36.5 Å². The van der Waals surface area contributed by atoms with Crippen LogP contribution in [-0.2, 0) is 59.4 Å². The summed E-state index contributed by atoms with van der Waals surface area (Å²) in [5.41, 5.74) is -9.32. The molecule has 0 heterocycles. The number of alkyl halides is 6. The first-order chi connectivity index (χ1) is 47.8. The van der Waals surface area contributed by atoms with Crippen molar-refractivity contribution in [2.45, 2.75) is 118 Å². The minimum absolute atomic E-state index is 0.0307. The van der Waals surface area contributed by atoms with Gasteiger partial charge in [0, 0.05) is 0 Å². The number of benzene rings is 9. The predicted octanol–water partition coefficient (Wildman–Crippen LogP) is 17.3. The SMILES string of the molecule is CC(C)(C)OC(=O)C(C(=O)OC(C)(C)C)=C(CP(OB(Oc1cc(C(F)(F)F)cc(C(F)(F)F)c1)OP(CC(=C(C(=O)OC(C)(C)C)C(=O)OC(C)(C)C)c1ccccc1)(c1ccccc1)(c1ccccc1)c1ccccc1)(c1ccccc1)(c1ccccc1)c1ccccc1)c1ccccc1. The molecule has 9 aromatic carbocycles. The molecule has 9 aromatic rings. The van der Waals surface area contributed by atoms with Gasteiger partial charge in [0.1, 0.15) is 0 Å². The Labute approximate surface area is 593 Å². The van der Waals surface area contributed by atoms with E-state index < -0.39 is 120 Å². The third-order valence-electron chi connectivity index (χ3n) is 16.4. The molecule has 0 aromatic heterocycles. The van der Waals surface area contributed by atoms with Crippen molar-refractivity contribution in [2.75, 3.05) is 12.3 Å². The Hall–Kier alpha value is -9.44. The van der Waals surface area contributed by atoms with Crippen LogP contribution in [0.4, 0.5) is 26.3 Å². The molecule has 0 bridgehead atoms. The average Bonchev–Trinajstić information content (AvgIpc) is 0.682. The molecular weight excluding hydrogens is 1350 g/mol. The van der Waals surface area contributed by atoms with Crippen LogP contribution in [-0.4, -0.2) is 65.9 Å². The van der Waals surface area contributed by atoms with Crippen LogP contribution >= 0.6 is 13.7 Å². The van der Waals surface area contributed by atoms with Crippen molar-refractivity contribution in [2.24, 2.45) is 0 Å². The van der Waals surface area contributed by atoms with Crippen LogP contribution in [0.25, 0.3) is 11.1 Å². The number of esters is 4. The molecule has 0 aliphatic rings. The van der Waals surface area contributed by atoms with E-state index in [1.54, 1.807) is 326 Å². The van der Waals surface area contributed by atoms with Crippen LogP contribution in [0, 0.1) is 0 Å². The molecule has 0 spiro atoms. The molecule has 0 amide bonds. The predicted molar refractivity (Wildman–Crippen MR) is 395 cm³/mol. The van der Waals surface area contributed by atoms with E-state index in [1.807, 2.05) is 0 Å². The van der Waals surface area contributed by atoms with Gasteiger partial charge in [-0.1, -0.05) is 0 Å². The molecular formula is C82H83BF6O11P2. The van der Waals surface area contributed by atoms with Gasteiger partial charge >= 0.3 is 596 Å². The van der Waals surface area contributed by atoms with Crippen LogP contribution in [0.15, 0.2) is 272 Å². The van der Waals surface area contributed by atoms with Crippen LogP contribution in [0.5, 0.6) is 5.75 Å². The zero-order valence-corrected chi connectivity index (χ0v) is 60.8. The molecule has 20 heteroatoms. The van der Waals surface area contributed by atoms with Gasteiger partial charge in [0.15, 0.2) is 0 Å². The Bertz CT molecular complexity index is 3940. The van der Waals surface area contributed by atoms with Gasteiger partial charge in [-0.3, -0.25) is 0 Å². The van der Waals surface area contributed by atoms with E-state index in [9.17, 15) is 0 Å². The Morgan fingerprint density at radius 2 is 0.520 bits per heavy atom. The molecule has 0 N–H and O–H groups in total. The monoisotopic (exact) mass is 1430 g/mol. The zero-order valence-electron chi connectivity index (χ0n) is 59.0. The summed E-state index contributed by atoms with van der Waals surface area (Å²) in [5.74, 6) is -5.54. The number of hydrogen-bond acceptors (Lipinski definition) is 11. The quantitative estimate of drug-likeness (QED) is 0.00938. The standard InChI is InChI=1S/C82H83BF6O11P2/c1-77(2,3)94-73(90)71(74(91)95-78(4,5)6)69(58-37-21-13-22-38-58)56-101(63-41-25-15-26-42-63,64-43-27-16-28-44-64,65-45-29-17-30-46-65)99-83(98-62-54-60(81(84,85)86)53-61(55-62)82(87,88)89)100-102(66-47-31-18-32-48-66,67-49-33-19-34-50-67,68-51-35-20-36-52-68)57-70(59-39-23-14-24-40-59)72(75(92)96-79(7,8)9)76(93)97-80(10,11)12/h13-55H,56-57H2,1-12H3. The first-order valence-corrected chi connectivity index (χ1v) is 37.7. The van der Waals surface area contributed by atoms with Gasteiger partial charge in [0.25, 0.3) is 0 Å². The van der Waals surface area contributed by atoms with Gasteiger partial charge < -0.3 is 0 Å². The van der Waals surface area contributed by atoms with Crippen molar-refractivity contribution < 1.29 is 78.0 Å². The van der Waals surface area contributed by atoms with Gasteiger partial charge in [-0.05, 0) is 0 Å². The Kier molecular flexibility index (Phi) is 22.5. The number of carbonyl (C=O) groups excluding carboxylic acids is 4. The fourth-order valence-electron chi connectivity index (χ4n) is 12.4. The molecule has 0 aliphatic heterocycles. The van der Waals surface area contributed by atoms with Crippen molar-refractivity contribution in [3.8, 4) is 5.75 Å². The van der Waals surface area contributed by atoms with Gasteiger partial charge in [-0.15, -0.1) is 0 Å². The normalized spacial score (nSPS) is 13.2. The third-order valence-corrected chi connectivity index (χ3v) is 27.9. The molecule has 0 aliphatic carbocycles. The van der Waals surface area contributed by atoms with E-state index in [2.05, 4.69) is 0 Å². The van der Waals surface area contributed by atoms with Crippen LogP contribution in [0.2, 0.25) is 0 Å². The summed E-state index contributed by atoms with van der Waals surface area (Å²) in [7, 11) is -2.65. The first kappa shape index (κ1) is 76.7. The van der Waals surface area contributed by atoms with E-state index in [0.717, 1.165) is 0 Å². The Morgan fingerprint density at radius 1 is 0.314 bits per heavy atom. The number of rotatable bonds is 22. The average molecular weight is 1430 g/mol. The fourth-order valence-corrected chi connectivity index (χ4v) is 23.8. The molecule has 0 fully saturated rings. The van der Waals surface area contributed by atoms with Crippen molar-refractivity contribution in [1.82, 2.24) is 0 Å². The Morgan fingerprint density at radius 3 is 0.716 bits per heavy atom. The summed E-state index contributed by atoms with van der Waals surface area (Å²) in [4.78, 5) is 62.8. The second-order valence-corrected chi connectivity index (χ2v) is 37.6. The second kappa shape index (κ2) is 29.9.